The molecule has 3 nitrogen and oxygen atoms in total. The molecule has 0 aliphatic carbocycles. The Labute approximate surface area is 116 Å². The number of likely N-dealkylation sites (N-methyl/N-ethyl adjacent to an activating group) is 1. The Balaban J connectivity index is 2.11. The van der Waals surface area contributed by atoms with Crippen LogP contribution in [0, 0.1) is 11.6 Å². The van der Waals surface area contributed by atoms with E-state index in [2.05, 4.69) is 4.98 Å². The molecule has 0 atom stereocenters. The Morgan fingerprint density at radius 3 is 2.45 bits per heavy atom. The lowest BCUT2D eigenvalue weighted by Crippen LogP contribution is -2.23. The number of aliphatic hydroxyl groups excluding tert-OH is 1. The number of benzene rings is 1. The van der Waals surface area contributed by atoms with E-state index < -0.39 is 11.6 Å². The van der Waals surface area contributed by atoms with Gasteiger partial charge in [0, 0.05) is 31.9 Å². The fourth-order valence-corrected chi connectivity index (χ4v) is 2.01. The van der Waals surface area contributed by atoms with Crippen LogP contribution in [0.15, 0.2) is 36.5 Å². The van der Waals surface area contributed by atoms with E-state index in [0.717, 1.165) is 17.8 Å². The molecular formula is C15H16F2N2O. The molecule has 1 aromatic carbocycles. The molecule has 0 saturated carbocycles. The van der Waals surface area contributed by atoms with Crippen molar-refractivity contribution in [1.29, 1.82) is 0 Å². The Morgan fingerprint density at radius 1 is 1.20 bits per heavy atom. The Hall–Kier alpha value is -2.01. The van der Waals surface area contributed by atoms with Gasteiger partial charge in [-0.3, -0.25) is 4.98 Å². The van der Waals surface area contributed by atoms with Crippen molar-refractivity contribution in [3.63, 3.8) is 0 Å². The third-order valence-electron chi connectivity index (χ3n) is 3.07. The number of halogens is 2. The molecule has 0 unspecified atom stereocenters. The first-order valence-corrected chi connectivity index (χ1v) is 6.31. The second-order valence-electron chi connectivity index (χ2n) is 4.56. The average Bonchev–Trinajstić information content (AvgIpc) is 2.45. The van der Waals surface area contributed by atoms with E-state index in [1.54, 1.807) is 13.2 Å². The van der Waals surface area contributed by atoms with E-state index in [1.807, 2.05) is 18.2 Å². The fourth-order valence-electron chi connectivity index (χ4n) is 2.01. The van der Waals surface area contributed by atoms with Crippen LogP contribution in [0.4, 0.5) is 14.5 Å². The maximum Gasteiger partial charge on any atom is 0.149 e. The van der Waals surface area contributed by atoms with Crippen LogP contribution >= 0.6 is 0 Å². The maximum absolute atomic E-state index is 13.9. The van der Waals surface area contributed by atoms with Gasteiger partial charge in [-0.25, -0.2) is 8.78 Å². The lowest BCUT2D eigenvalue weighted by Gasteiger charge is -2.20. The third kappa shape index (κ3) is 3.30. The van der Waals surface area contributed by atoms with Crippen LogP contribution in [-0.2, 0) is 13.0 Å². The molecule has 0 amide bonds. The number of rotatable bonds is 5. The summed E-state index contributed by atoms with van der Waals surface area (Å²) in [7, 11) is 1.63. The molecule has 0 spiro atoms. The van der Waals surface area contributed by atoms with E-state index >= 15 is 0 Å². The Morgan fingerprint density at radius 2 is 1.90 bits per heavy atom. The predicted octanol–water partition coefficient (Wildman–Crippen LogP) is 2.53. The highest BCUT2D eigenvalue weighted by atomic mass is 19.1. The van der Waals surface area contributed by atoms with Gasteiger partial charge in [-0.2, -0.15) is 0 Å². The standard InChI is InChI=1S/C15H16F2N2O/c1-19(7-5-12-4-2-3-6-18-12)15-13(16)8-11(10-20)9-14(15)17/h2-4,6,8-9,20H,5,7,10H2,1H3. The second kappa shape index (κ2) is 6.43. The Kier molecular flexibility index (Phi) is 4.63. The molecule has 0 aliphatic heterocycles. The van der Waals surface area contributed by atoms with Crippen molar-refractivity contribution in [3.05, 3.63) is 59.4 Å². The first-order chi connectivity index (χ1) is 9.61. The van der Waals surface area contributed by atoms with Gasteiger partial charge in [0.05, 0.1) is 6.61 Å². The molecule has 1 heterocycles. The van der Waals surface area contributed by atoms with Gasteiger partial charge in [0.1, 0.15) is 17.3 Å². The molecule has 0 aliphatic rings. The maximum atomic E-state index is 13.9. The number of anilines is 1. The molecule has 0 saturated heterocycles. The van der Waals surface area contributed by atoms with Crippen LogP contribution < -0.4 is 4.90 Å². The summed E-state index contributed by atoms with van der Waals surface area (Å²) in [5.41, 5.74) is 1.01. The van der Waals surface area contributed by atoms with Gasteiger partial charge in [-0.15, -0.1) is 0 Å². The average molecular weight is 278 g/mol. The van der Waals surface area contributed by atoms with E-state index in [4.69, 9.17) is 5.11 Å². The van der Waals surface area contributed by atoms with Crippen LogP contribution in [0.1, 0.15) is 11.3 Å². The van der Waals surface area contributed by atoms with Crippen LogP contribution in [0.25, 0.3) is 0 Å². The molecule has 0 bridgehead atoms. The minimum Gasteiger partial charge on any atom is -0.392 e. The summed E-state index contributed by atoms with van der Waals surface area (Å²) in [6.45, 7) is 0.0646. The zero-order chi connectivity index (χ0) is 14.5. The van der Waals surface area contributed by atoms with Crippen molar-refractivity contribution >= 4 is 5.69 Å². The molecule has 2 rings (SSSR count). The van der Waals surface area contributed by atoms with Gasteiger partial charge in [0.15, 0.2) is 0 Å². The number of hydrogen-bond donors (Lipinski definition) is 1. The third-order valence-corrected chi connectivity index (χ3v) is 3.07. The SMILES string of the molecule is CN(CCc1ccccn1)c1c(F)cc(CO)cc1F. The normalized spacial score (nSPS) is 10.6. The van der Waals surface area contributed by atoms with Gasteiger partial charge >= 0.3 is 0 Å². The van der Waals surface area contributed by atoms with Crippen LogP contribution in [-0.4, -0.2) is 23.7 Å². The van der Waals surface area contributed by atoms with Crippen molar-refractivity contribution in [3.8, 4) is 0 Å². The summed E-state index contributed by atoms with van der Waals surface area (Å²) in [6.07, 6.45) is 2.28. The van der Waals surface area contributed by atoms with Crippen molar-refractivity contribution in [1.82, 2.24) is 4.98 Å². The predicted molar refractivity (Wildman–Crippen MR) is 73.5 cm³/mol. The molecule has 0 fully saturated rings. The van der Waals surface area contributed by atoms with Gasteiger partial charge < -0.3 is 10.0 Å². The summed E-state index contributed by atoms with van der Waals surface area (Å²) in [5.74, 6) is -1.34. The summed E-state index contributed by atoms with van der Waals surface area (Å²) in [6, 6.07) is 7.86. The van der Waals surface area contributed by atoms with E-state index in [-0.39, 0.29) is 17.9 Å². The lowest BCUT2D eigenvalue weighted by molar-refractivity contribution is 0.280. The van der Waals surface area contributed by atoms with Crippen LogP contribution in [0.2, 0.25) is 0 Å². The van der Waals surface area contributed by atoms with Crippen molar-refractivity contribution < 1.29 is 13.9 Å². The van der Waals surface area contributed by atoms with Gasteiger partial charge in [-0.05, 0) is 29.8 Å². The van der Waals surface area contributed by atoms with Crippen LogP contribution in [0.5, 0.6) is 0 Å². The molecule has 0 radical (unpaired) electrons. The minimum absolute atomic E-state index is 0.0851. The fraction of sp³-hybridized carbons (Fsp3) is 0.267. The van der Waals surface area contributed by atoms with E-state index in [0.29, 0.717) is 13.0 Å². The lowest BCUT2D eigenvalue weighted by atomic mass is 10.1. The summed E-state index contributed by atoms with van der Waals surface area (Å²) < 4.78 is 27.7. The largest absolute Gasteiger partial charge is 0.392 e. The number of nitrogens with zero attached hydrogens (tertiary/aromatic N) is 2. The topological polar surface area (TPSA) is 36.4 Å². The van der Waals surface area contributed by atoms with Gasteiger partial charge in [-0.1, -0.05) is 6.07 Å². The van der Waals surface area contributed by atoms with E-state index in [1.165, 1.54) is 4.90 Å². The van der Waals surface area contributed by atoms with E-state index in [9.17, 15) is 8.78 Å². The van der Waals surface area contributed by atoms with Crippen LogP contribution in [0.3, 0.4) is 0 Å². The molecule has 2 aromatic rings. The van der Waals surface area contributed by atoms with Gasteiger partial charge in [0.2, 0.25) is 0 Å². The van der Waals surface area contributed by atoms with Crippen molar-refractivity contribution in [2.45, 2.75) is 13.0 Å². The molecular weight excluding hydrogens is 262 g/mol. The highest BCUT2D eigenvalue weighted by molar-refractivity contribution is 5.50. The first kappa shape index (κ1) is 14.4. The zero-order valence-corrected chi connectivity index (χ0v) is 11.2. The summed E-state index contributed by atoms with van der Waals surface area (Å²) in [4.78, 5) is 5.68. The number of aromatic nitrogens is 1. The molecule has 1 N–H and O–H groups in total. The molecule has 20 heavy (non-hydrogen) atoms. The summed E-state index contributed by atoms with van der Waals surface area (Å²) in [5, 5.41) is 8.91. The summed E-state index contributed by atoms with van der Waals surface area (Å²) >= 11 is 0. The number of pyridine rings is 1. The number of hydrogen-bond acceptors (Lipinski definition) is 3. The quantitative estimate of drug-likeness (QED) is 0.913. The Bertz CT molecular complexity index is 552. The van der Waals surface area contributed by atoms with Crippen molar-refractivity contribution in [2.75, 3.05) is 18.5 Å². The smallest absolute Gasteiger partial charge is 0.149 e. The highest BCUT2D eigenvalue weighted by Gasteiger charge is 2.15. The molecule has 1 aromatic heterocycles. The highest BCUT2D eigenvalue weighted by Crippen LogP contribution is 2.24. The first-order valence-electron chi connectivity index (χ1n) is 6.31. The molecule has 5 heteroatoms. The zero-order valence-electron chi connectivity index (χ0n) is 11.2. The molecule has 106 valence electrons. The number of aliphatic hydroxyl groups is 1. The second-order valence-corrected chi connectivity index (χ2v) is 4.56. The van der Waals surface area contributed by atoms with Gasteiger partial charge in [0.25, 0.3) is 0 Å². The monoisotopic (exact) mass is 278 g/mol. The van der Waals surface area contributed by atoms with Crippen molar-refractivity contribution in [2.24, 2.45) is 0 Å². The minimum atomic E-state index is -0.669.